The molecule has 1 unspecified atom stereocenters. The summed E-state index contributed by atoms with van der Waals surface area (Å²) in [6, 6.07) is 5.92. The molecule has 74 valence electrons. The van der Waals surface area contributed by atoms with Crippen molar-refractivity contribution in [2.24, 2.45) is 5.73 Å². The van der Waals surface area contributed by atoms with E-state index >= 15 is 0 Å². The molecule has 1 atom stereocenters. The number of ether oxygens (including phenoxy) is 1. The molecule has 1 aliphatic heterocycles. The molecule has 14 heavy (non-hydrogen) atoms. The van der Waals surface area contributed by atoms with Crippen molar-refractivity contribution >= 4 is 0 Å². The summed E-state index contributed by atoms with van der Waals surface area (Å²) >= 11 is 0. The minimum Gasteiger partial charge on any atom is -0.496 e. The van der Waals surface area contributed by atoms with Crippen LogP contribution in [0.5, 0.6) is 0 Å². The molecule has 2 rings (SSSR count). The van der Waals surface area contributed by atoms with E-state index < -0.39 is 0 Å². The average molecular weight is 193 g/mol. The van der Waals surface area contributed by atoms with Gasteiger partial charge in [-0.15, -0.1) is 0 Å². The lowest BCUT2D eigenvalue weighted by Crippen LogP contribution is -2.13. The highest BCUT2D eigenvalue weighted by Gasteiger charge is 2.16. The Labute approximate surface area is 82.2 Å². The van der Waals surface area contributed by atoms with Crippen molar-refractivity contribution in [3.63, 3.8) is 0 Å². The second kappa shape index (κ2) is 3.80. The van der Waals surface area contributed by atoms with Gasteiger partial charge < -0.3 is 10.5 Å². The third-order valence-electron chi connectivity index (χ3n) is 2.27. The average Bonchev–Trinajstić information content (AvgIpc) is 2.71. The molecule has 0 aromatic heterocycles. The lowest BCUT2D eigenvalue weighted by atomic mass is 10.1. The number of hydrogen-bond donors (Lipinski definition) is 1. The fraction of sp³-hybridized carbons (Fsp3) is 0.273. The molecule has 0 fully saturated rings. The fourth-order valence-electron chi connectivity index (χ4n) is 1.49. The predicted octanol–water partition coefficient (Wildman–Crippen LogP) is 2.13. The van der Waals surface area contributed by atoms with Crippen LogP contribution < -0.4 is 5.73 Å². The minimum atomic E-state index is -0.266. The topological polar surface area (TPSA) is 35.2 Å². The Morgan fingerprint density at radius 1 is 1.29 bits per heavy atom. The number of halogens is 1. The number of nitrogens with two attached hydrogens (primary N) is 1. The molecule has 3 heteroatoms. The van der Waals surface area contributed by atoms with Crippen molar-refractivity contribution < 1.29 is 9.13 Å². The highest BCUT2D eigenvalue weighted by Crippen LogP contribution is 2.23. The molecule has 0 radical (unpaired) electrons. The molecular formula is C11H12FNO. The summed E-state index contributed by atoms with van der Waals surface area (Å²) in [6.07, 6.45) is 2.89. The van der Waals surface area contributed by atoms with Gasteiger partial charge in [-0.2, -0.15) is 0 Å². The van der Waals surface area contributed by atoms with Crippen molar-refractivity contribution in [1.29, 1.82) is 0 Å². The summed E-state index contributed by atoms with van der Waals surface area (Å²) in [5.41, 5.74) is 6.81. The van der Waals surface area contributed by atoms with Crippen LogP contribution in [-0.2, 0) is 4.74 Å². The Bertz CT molecular complexity index is 345. The van der Waals surface area contributed by atoms with Gasteiger partial charge in [0, 0.05) is 6.42 Å². The van der Waals surface area contributed by atoms with Crippen LogP contribution in [0.1, 0.15) is 18.0 Å². The zero-order valence-electron chi connectivity index (χ0n) is 7.74. The molecule has 2 nitrogen and oxygen atoms in total. The maximum atomic E-state index is 12.6. The molecular weight excluding hydrogens is 181 g/mol. The smallest absolute Gasteiger partial charge is 0.123 e. The van der Waals surface area contributed by atoms with Gasteiger partial charge in [0.25, 0.3) is 0 Å². The zero-order valence-corrected chi connectivity index (χ0v) is 7.74. The Morgan fingerprint density at radius 3 is 2.57 bits per heavy atom. The molecule has 2 N–H and O–H groups in total. The summed E-state index contributed by atoms with van der Waals surface area (Å²) in [5.74, 6) is 0.541. The lowest BCUT2D eigenvalue weighted by molar-refractivity contribution is 0.225. The molecule has 0 aliphatic carbocycles. The maximum Gasteiger partial charge on any atom is 0.123 e. The molecule has 1 aliphatic rings. The lowest BCUT2D eigenvalue weighted by Gasteiger charge is -2.13. The zero-order chi connectivity index (χ0) is 9.97. The highest BCUT2D eigenvalue weighted by molar-refractivity contribution is 5.26. The quantitative estimate of drug-likeness (QED) is 0.780. The van der Waals surface area contributed by atoms with Crippen LogP contribution in [0, 0.1) is 5.82 Å². The first-order chi connectivity index (χ1) is 6.77. The Morgan fingerprint density at radius 2 is 2.00 bits per heavy atom. The van der Waals surface area contributed by atoms with Crippen LogP contribution in [0.3, 0.4) is 0 Å². The second-order valence-corrected chi connectivity index (χ2v) is 3.27. The largest absolute Gasteiger partial charge is 0.496 e. The van der Waals surface area contributed by atoms with Gasteiger partial charge in [0.15, 0.2) is 0 Å². The van der Waals surface area contributed by atoms with Gasteiger partial charge in [-0.3, -0.25) is 0 Å². The summed E-state index contributed by atoms with van der Waals surface area (Å²) in [4.78, 5) is 0. The van der Waals surface area contributed by atoms with Crippen molar-refractivity contribution in [1.82, 2.24) is 0 Å². The van der Waals surface area contributed by atoms with Crippen molar-refractivity contribution in [2.45, 2.75) is 12.5 Å². The summed E-state index contributed by atoms with van der Waals surface area (Å²) < 4.78 is 18.0. The fourth-order valence-corrected chi connectivity index (χ4v) is 1.49. The number of rotatable bonds is 2. The van der Waals surface area contributed by atoms with E-state index in [1.165, 1.54) is 12.1 Å². The van der Waals surface area contributed by atoms with Gasteiger partial charge in [-0.05, 0) is 23.8 Å². The number of hydrogen-bond acceptors (Lipinski definition) is 2. The van der Waals surface area contributed by atoms with Gasteiger partial charge in [0.1, 0.15) is 11.6 Å². The van der Waals surface area contributed by atoms with Crippen LogP contribution in [0.25, 0.3) is 0 Å². The molecule has 0 saturated carbocycles. The van der Waals surface area contributed by atoms with Gasteiger partial charge in [0.2, 0.25) is 0 Å². The maximum absolute atomic E-state index is 12.6. The van der Waals surface area contributed by atoms with Crippen LogP contribution in [0.2, 0.25) is 0 Å². The number of benzene rings is 1. The monoisotopic (exact) mass is 193 g/mol. The molecule has 0 spiro atoms. The standard InChI is InChI=1S/C11H12FNO/c12-9-5-3-8(4-6-9)11(13)10-2-1-7-14-10/h2-6,11H,1,7,13H2. The third-order valence-corrected chi connectivity index (χ3v) is 2.27. The van der Waals surface area contributed by atoms with Crippen molar-refractivity contribution in [2.75, 3.05) is 6.61 Å². The first kappa shape index (κ1) is 9.21. The SMILES string of the molecule is NC(C1=CCCO1)c1ccc(F)cc1. The molecule has 0 bridgehead atoms. The van der Waals surface area contributed by atoms with Gasteiger partial charge in [-0.1, -0.05) is 12.1 Å². The first-order valence-corrected chi connectivity index (χ1v) is 4.61. The van der Waals surface area contributed by atoms with E-state index in [1.807, 2.05) is 6.08 Å². The molecule has 1 aromatic carbocycles. The molecule has 1 aromatic rings. The van der Waals surface area contributed by atoms with Crippen molar-refractivity contribution in [3.8, 4) is 0 Å². The van der Waals surface area contributed by atoms with Crippen LogP contribution in [0.4, 0.5) is 4.39 Å². The Balaban J connectivity index is 2.18. The molecule has 1 heterocycles. The van der Waals surface area contributed by atoms with Gasteiger partial charge >= 0.3 is 0 Å². The first-order valence-electron chi connectivity index (χ1n) is 4.61. The van der Waals surface area contributed by atoms with E-state index in [0.29, 0.717) is 6.61 Å². The Kier molecular flexibility index (Phi) is 2.50. The summed E-state index contributed by atoms with van der Waals surface area (Å²) in [7, 11) is 0. The predicted molar refractivity (Wildman–Crippen MR) is 52.0 cm³/mol. The van der Waals surface area contributed by atoms with Crippen LogP contribution in [-0.4, -0.2) is 6.61 Å². The third kappa shape index (κ3) is 1.77. The van der Waals surface area contributed by atoms with Gasteiger partial charge in [0.05, 0.1) is 12.6 Å². The highest BCUT2D eigenvalue weighted by atomic mass is 19.1. The van der Waals surface area contributed by atoms with Crippen LogP contribution >= 0.6 is 0 Å². The van der Waals surface area contributed by atoms with E-state index in [4.69, 9.17) is 10.5 Å². The minimum absolute atomic E-state index is 0.248. The van der Waals surface area contributed by atoms with Gasteiger partial charge in [-0.25, -0.2) is 4.39 Å². The Hall–Kier alpha value is -1.35. The van der Waals surface area contributed by atoms with Crippen molar-refractivity contribution in [3.05, 3.63) is 47.5 Å². The summed E-state index contributed by atoms with van der Waals surface area (Å²) in [5, 5.41) is 0. The van der Waals surface area contributed by atoms with E-state index in [9.17, 15) is 4.39 Å². The summed E-state index contributed by atoms with van der Waals surface area (Å²) in [6.45, 7) is 0.699. The van der Waals surface area contributed by atoms with E-state index in [-0.39, 0.29) is 11.9 Å². The molecule has 0 saturated heterocycles. The van der Waals surface area contributed by atoms with E-state index in [0.717, 1.165) is 17.7 Å². The van der Waals surface area contributed by atoms with E-state index in [2.05, 4.69) is 0 Å². The normalized spacial score (nSPS) is 17.4. The van der Waals surface area contributed by atoms with E-state index in [1.54, 1.807) is 12.1 Å². The van der Waals surface area contributed by atoms with Crippen LogP contribution in [0.15, 0.2) is 36.1 Å². The second-order valence-electron chi connectivity index (χ2n) is 3.27. The molecule has 0 amide bonds.